The number of hydrogen-bond donors (Lipinski definition) is 0. The number of carbonyl (C=O) groups is 1. The monoisotopic (exact) mass is 450 g/mol. The molecule has 2 aromatic rings. The van der Waals surface area contributed by atoms with Crippen molar-refractivity contribution in [2.45, 2.75) is 90.0 Å². The van der Waals surface area contributed by atoms with E-state index in [-0.39, 0.29) is 17.3 Å². The van der Waals surface area contributed by atoms with Crippen LogP contribution in [-0.2, 0) is 22.2 Å². The number of benzene rings is 1. The largest absolute Gasteiger partial charge is 0.298 e. The summed E-state index contributed by atoms with van der Waals surface area (Å²) in [6.45, 7) is 8.62. The predicted molar refractivity (Wildman–Crippen MR) is 123 cm³/mol. The second kappa shape index (κ2) is 9.35. The van der Waals surface area contributed by atoms with Gasteiger partial charge in [0.25, 0.3) is 5.91 Å². The van der Waals surface area contributed by atoms with Crippen LogP contribution in [0.15, 0.2) is 29.4 Å². The van der Waals surface area contributed by atoms with E-state index < -0.39 is 5.41 Å². The fourth-order valence-corrected chi connectivity index (χ4v) is 5.55. The lowest BCUT2D eigenvalue weighted by molar-refractivity contribution is -0.124. The number of unbranched alkanes of at least 4 members (excludes halogenated alkanes) is 1. The summed E-state index contributed by atoms with van der Waals surface area (Å²) in [6.07, 6.45) is 9.61. The molecule has 0 spiro atoms. The molecule has 1 aromatic heterocycles. The molecule has 3 rings (SSSR count). The highest BCUT2D eigenvalue weighted by molar-refractivity contribution is 7.04. The zero-order valence-corrected chi connectivity index (χ0v) is 20.0. The lowest BCUT2D eigenvalue weighted by Crippen LogP contribution is -2.38. The molecular weight excluding hydrogens is 419 g/mol. The number of aryl methyl sites for hydroxylation is 1. The Balaban J connectivity index is 2.10. The van der Waals surface area contributed by atoms with E-state index in [1.54, 1.807) is 17.6 Å². The third-order valence-electron chi connectivity index (χ3n) is 5.96. The number of amides is 1. The minimum Gasteiger partial charge on any atom is -0.298 e. The molecule has 0 N–H and O–H groups in total. The van der Waals surface area contributed by atoms with E-state index in [0.717, 1.165) is 54.3 Å². The molecule has 1 aliphatic carbocycles. The number of carbonyl (C=O) groups excluding carboxylic acids is 1. The van der Waals surface area contributed by atoms with Gasteiger partial charge in [0.2, 0.25) is 0 Å². The zero-order chi connectivity index (χ0) is 21.9. The molecule has 0 aliphatic heterocycles. The molecule has 1 aromatic carbocycles. The van der Waals surface area contributed by atoms with E-state index in [1.807, 2.05) is 0 Å². The molecule has 0 atom stereocenters. The van der Waals surface area contributed by atoms with Gasteiger partial charge in [-0.3, -0.25) is 8.75 Å². The zero-order valence-electron chi connectivity index (χ0n) is 18.4. The molecule has 1 fully saturated rings. The van der Waals surface area contributed by atoms with Crippen molar-refractivity contribution in [1.82, 2.24) is 3.96 Å². The Bertz CT molecular complexity index is 964. The van der Waals surface area contributed by atoms with Gasteiger partial charge in [-0.25, -0.2) is 9.38 Å². The highest BCUT2D eigenvalue weighted by Crippen LogP contribution is 2.43. The number of aromatic nitrogens is 1. The van der Waals surface area contributed by atoms with Crippen LogP contribution in [0.25, 0.3) is 0 Å². The Morgan fingerprint density at radius 2 is 1.97 bits per heavy atom. The molecule has 0 unspecified atom stereocenters. The van der Waals surface area contributed by atoms with Crippen molar-refractivity contribution in [3.63, 3.8) is 0 Å². The van der Waals surface area contributed by atoms with Crippen molar-refractivity contribution >= 4 is 29.0 Å². The minimum atomic E-state index is -0.762. The maximum atomic E-state index is 13.7. The van der Waals surface area contributed by atoms with Crippen molar-refractivity contribution in [3.8, 4) is 0 Å². The summed E-state index contributed by atoms with van der Waals surface area (Å²) >= 11 is 7.97. The second-order valence-electron chi connectivity index (χ2n) is 9.33. The van der Waals surface area contributed by atoms with Crippen LogP contribution in [0, 0.1) is 5.82 Å². The van der Waals surface area contributed by atoms with E-state index in [0.29, 0.717) is 17.9 Å². The normalized spacial score (nSPS) is 17.3. The van der Waals surface area contributed by atoms with Gasteiger partial charge in [-0.05, 0) is 75.7 Å². The van der Waals surface area contributed by atoms with Gasteiger partial charge in [-0.2, -0.15) is 0 Å². The summed E-state index contributed by atoms with van der Waals surface area (Å²) in [4.78, 5) is 18.4. The molecule has 1 amide bonds. The van der Waals surface area contributed by atoms with Crippen LogP contribution in [-0.4, -0.2) is 9.86 Å². The first kappa shape index (κ1) is 23.2. The average Bonchev–Trinajstić information content (AvgIpc) is 3.10. The standard InChI is InChI=1S/C24H32ClFN2OS/c1-5-6-10-17-16-28(23(2,3)4)30-21(17)27-22(29)24(13-8-7-9-14-24)19-12-11-18(26)15-20(19)25/h11-12,15-16H,5-10,13-14H2,1-4H3. The average molecular weight is 451 g/mol. The molecule has 6 heteroatoms. The highest BCUT2D eigenvalue weighted by Gasteiger charge is 2.42. The molecule has 30 heavy (non-hydrogen) atoms. The second-order valence-corrected chi connectivity index (χ2v) is 10.7. The van der Waals surface area contributed by atoms with E-state index in [1.165, 1.54) is 12.1 Å². The number of rotatable bonds is 5. The van der Waals surface area contributed by atoms with Crippen molar-refractivity contribution in [3.05, 3.63) is 51.0 Å². The first-order valence-electron chi connectivity index (χ1n) is 10.9. The first-order valence-corrected chi connectivity index (χ1v) is 12.1. The summed E-state index contributed by atoms with van der Waals surface area (Å²) in [5.41, 5.74) is 1.02. The quantitative estimate of drug-likeness (QED) is 0.494. The van der Waals surface area contributed by atoms with Gasteiger partial charge >= 0.3 is 0 Å². The Labute approximate surface area is 188 Å². The van der Waals surface area contributed by atoms with Gasteiger partial charge in [0, 0.05) is 22.3 Å². The molecule has 0 radical (unpaired) electrons. The van der Waals surface area contributed by atoms with Gasteiger partial charge < -0.3 is 0 Å². The fourth-order valence-electron chi connectivity index (χ4n) is 4.17. The molecule has 1 saturated carbocycles. The van der Waals surface area contributed by atoms with Crippen LogP contribution in [0.2, 0.25) is 5.02 Å². The minimum absolute atomic E-state index is 0.0642. The van der Waals surface area contributed by atoms with Crippen LogP contribution >= 0.6 is 23.1 Å². The van der Waals surface area contributed by atoms with Gasteiger partial charge in [0.15, 0.2) is 0 Å². The molecule has 164 valence electrons. The van der Waals surface area contributed by atoms with Crippen molar-refractivity contribution in [2.24, 2.45) is 4.99 Å². The van der Waals surface area contributed by atoms with Crippen molar-refractivity contribution < 1.29 is 9.18 Å². The van der Waals surface area contributed by atoms with Crippen LogP contribution in [0.3, 0.4) is 0 Å². The van der Waals surface area contributed by atoms with E-state index in [9.17, 15) is 9.18 Å². The summed E-state index contributed by atoms with van der Waals surface area (Å²) in [7, 11) is 0. The lowest BCUT2D eigenvalue weighted by atomic mass is 9.69. The predicted octanol–water partition coefficient (Wildman–Crippen LogP) is 6.77. The van der Waals surface area contributed by atoms with Gasteiger partial charge in [-0.15, -0.1) is 0 Å². The summed E-state index contributed by atoms with van der Waals surface area (Å²) in [5.74, 6) is -0.526. The molecule has 3 nitrogen and oxygen atoms in total. The molecule has 1 heterocycles. The molecule has 0 saturated heterocycles. The Morgan fingerprint density at radius 3 is 2.57 bits per heavy atom. The number of halogens is 2. The van der Waals surface area contributed by atoms with Crippen LogP contribution in [0.5, 0.6) is 0 Å². The van der Waals surface area contributed by atoms with Crippen LogP contribution < -0.4 is 4.67 Å². The lowest BCUT2D eigenvalue weighted by Gasteiger charge is -2.35. The summed E-state index contributed by atoms with van der Waals surface area (Å²) < 4.78 is 16.7. The fraction of sp³-hybridized carbons (Fsp3) is 0.583. The molecule has 0 bridgehead atoms. The Hall–Kier alpha value is -1.46. The third kappa shape index (κ3) is 4.88. The van der Waals surface area contributed by atoms with E-state index >= 15 is 0 Å². The van der Waals surface area contributed by atoms with Gasteiger partial charge in [0.1, 0.15) is 10.5 Å². The topological polar surface area (TPSA) is 34.4 Å². The van der Waals surface area contributed by atoms with Crippen LogP contribution in [0.4, 0.5) is 4.39 Å². The van der Waals surface area contributed by atoms with Gasteiger partial charge in [0.05, 0.1) is 5.41 Å². The smallest absolute Gasteiger partial charge is 0.257 e. The van der Waals surface area contributed by atoms with E-state index in [4.69, 9.17) is 11.6 Å². The summed E-state index contributed by atoms with van der Waals surface area (Å²) in [6, 6.07) is 4.39. The Morgan fingerprint density at radius 1 is 1.27 bits per heavy atom. The SMILES string of the molecule is CCCCc1cn(C(C)(C)C)sc1=NC(=O)C1(c2ccc(F)cc2Cl)CCCCC1. The first-order chi connectivity index (χ1) is 14.2. The highest BCUT2D eigenvalue weighted by atomic mass is 35.5. The number of nitrogens with zero attached hydrogens (tertiary/aromatic N) is 2. The summed E-state index contributed by atoms with van der Waals surface area (Å²) in [5, 5.41) is 0.322. The van der Waals surface area contributed by atoms with Crippen LogP contribution in [0.1, 0.15) is 83.8 Å². The van der Waals surface area contributed by atoms with Crippen molar-refractivity contribution in [2.75, 3.05) is 0 Å². The maximum absolute atomic E-state index is 13.7. The van der Waals surface area contributed by atoms with Crippen molar-refractivity contribution in [1.29, 1.82) is 0 Å². The number of hydrogen-bond acceptors (Lipinski definition) is 2. The Kier molecular flexibility index (Phi) is 7.24. The maximum Gasteiger partial charge on any atom is 0.257 e. The third-order valence-corrected chi connectivity index (χ3v) is 7.65. The molecular formula is C24H32ClFN2OS. The van der Waals surface area contributed by atoms with Gasteiger partial charge in [-0.1, -0.05) is 50.3 Å². The molecule has 1 aliphatic rings. The van der Waals surface area contributed by atoms with E-state index in [2.05, 4.69) is 42.8 Å².